The average molecular weight is 425 g/mol. The van der Waals surface area contributed by atoms with E-state index >= 15 is 0 Å². The van der Waals surface area contributed by atoms with E-state index < -0.39 is 29.3 Å². The molecule has 4 N–H and O–H groups in total. The van der Waals surface area contributed by atoms with Crippen molar-refractivity contribution in [2.75, 3.05) is 13.2 Å². The van der Waals surface area contributed by atoms with E-state index in [0.717, 1.165) is 11.1 Å². The third-order valence-electron chi connectivity index (χ3n) is 6.18. The summed E-state index contributed by atoms with van der Waals surface area (Å²) in [6.07, 6.45) is 1.05. The molecule has 3 rings (SSSR count). The van der Waals surface area contributed by atoms with E-state index in [9.17, 15) is 19.8 Å². The number of hydrogen-bond acceptors (Lipinski definition) is 4. The molecule has 0 saturated heterocycles. The Hall–Kier alpha value is -2.70. The Morgan fingerprint density at radius 2 is 1.13 bits per heavy atom. The number of aliphatic hydroxyl groups excluding tert-OH is 2. The quantitative estimate of drug-likeness (QED) is 0.467. The van der Waals surface area contributed by atoms with Crippen LogP contribution in [0.5, 0.6) is 0 Å². The van der Waals surface area contributed by atoms with Crippen molar-refractivity contribution in [3.8, 4) is 0 Å². The lowest BCUT2D eigenvalue weighted by Crippen LogP contribution is -2.42. The smallest absolute Gasteiger partial charge is 0.224 e. The molecule has 0 aromatic heterocycles. The van der Waals surface area contributed by atoms with E-state index in [-0.39, 0.29) is 25.0 Å². The highest BCUT2D eigenvalue weighted by Gasteiger charge is 2.65. The minimum absolute atomic E-state index is 0.172. The van der Waals surface area contributed by atoms with Crippen LogP contribution in [0, 0.1) is 17.3 Å². The lowest BCUT2D eigenvalue weighted by molar-refractivity contribution is -0.128. The third kappa shape index (κ3) is 5.71. The largest absolute Gasteiger partial charge is 0.394 e. The van der Waals surface area contributed by atoms with E-state index in [1.165, 1.54) is 0 Å². The first-order chi connectivity index (χ1) is 14.9. The summed E-state index contributed by atoms with van der Waals surface area (Å²) in [6.45, 7) is 3.46. The van der Waals surface area contributed by atoms with Gasteiger partial charge in [-0.15, -0.1) is 0 Å². The van der Waals surface area contributed by atoms with Gasteiger partial charge in [-0.3, -0.25) is 9.59 Å². The third-order valence-corrected chi connectivity index (χ3v) is 6.18. The molecule has 2 aromatic carbocycles. The maximum Gasteiger partial charge on any atom is 0.224 e. The number of hydrogen-bond donors (Lipinski definition) is 4. The predicted octanol–water partition coefficient (Wildman–Crippen LogP) is 1.70. The second-order valence-electron chi connectivity index (χ2n) is 8.93. The van der Waals surface area contributed by atoms with Crippen LogP contribution in [0.25, 0.3) is 0 Å². The number of carbonyl (C=O) groups excluding carboxylic acids is 2. The van der Waals surface area contributed by atoms with Gasteiger partial charge in [0.1, 0.15) is 0 Å². The molecule has 0 bridgehead atoms. The zero-order valence-corrected chi connectivity index (χ0v) is 18.1. The molecule has 1 aliphatic rings. The minimum Gasteiger partial charge on any atom is -0.394 e. The van der Waals surface area contributed by atoms with Crippen molar-refractivity contribution in [2.24, 2.45) is 17.3 Å². The van der Waals surface area contributed by atoms with E-state index in [1.807, 2.05) is 74.5 Å². The van der Waals surface area contributed by atoms with E-state index in [2.05, 4.69) is 10.6 Å². The zero-order valence-electron chi connectivity index (χ0n) is 18.1. The fourth-order valence-corrected chi connectivity index (χ4v) is 4.32. The maximum absolute atomic E-state index is 12.9. The highest BCUT2D eigenvalue weighted by Crippen LogP contribution is 2.58. The molecule has 1 aliphatic carbocycles. The number of aliphatic hydroxyl groups is 2. The van der Waals surface area contributed by atoms with Gasteiger partial charge in [-0.1, -0.05) is 74.5 Å². The lowest BCUT2D eigenvalue weighted by atomic mass is 10.1. The number of rotatable bonds is 10. The van der Waals surface area contributed by atoms with Crippen molar-refractivity contribution >= 4 is 11.8 Å². The molecular formula is C25H32N2O4. The highest BCUT2D eigenvalue weighted by atomic mass is 16.3. The van der Waals surface area contributed by atoms with Crippen molar-refractivity contribution < 1.29 is 19.8 Å². The fraction of sp³-hybridized carbons (Fsp3) is 0.440. The van der Waals surface area contributed by atoms with Crippen LogP contribution in [0.3, 0.4) is 0 Å². The van der Waals surface area contributed by atoms with Crippen LogP contribution in [0.2, 0.25) is 0 Å². The van der Waals surface area contributed by atoms with E-state index in [0.29, 0.717) is 12.8 Å². The van der Waals surface area contributed by atoms with Crippen molar-refractivity contribution in [2.45, 2.75) is 38.8 Å². The summed E-state index contributed by atoms with van der Waals surface area (Å²) in [4.78, 5) is 25.8. The maximum atomic E-state index is 12.9. The second-order valence-corrected chi connectivity index (χ2v) is 8.93. The standard InChI is InChI=1S/C25H32N2O4/c1-25(2)21(23(30)26-19(15-28)13-17-9-5-3-6-10-17)22(25)24(31)27-20(16-29)14-18-11-7-4-8-12-18/h3-12,19-22,28-29H,13-16H2,1-2H3,(H,26,30)(H,27,31)/t19-,20-,21-,22-/m0/s1. The Morgan fingerprint density at radius 1 is 0.774 bits per heavy atom. The summed E-state index contributed by atoms with van der Waals surface area (Å²) in [5.41, 5.74) is 1.57. The Morgan fingerprint density at radius 3 is 1.45 bits per heavy atom. The first-order valence-corrected chi connectivity index (χ1v) is 10.8. The van der Waals surface area contributed by atoms with Gasteiger partial charge in [-0.2, -0.15) is 0 Å². The van der Waals surface area contributed by atoms with E-state index in [1.54, 1.807) is 0 Å². The van der Waals surface area contributed by atoms with Gasteiger partial charge in [-0.05, 0) is 29.4 Å². The topological polar surface area (TPSA) is 98.7 Å². The summed E-state index contributed by atoms with van der Waals surface area (Å²) in [7, 11) is 0. The molecule has 0 radical (unpaired) electrons. The van der Waals surface area contributed by atoms with Gasteiger partial charge >= 0.3 is 0 Å². The molecule has 166 valence electrons. The first kappa shape index (κ1) is 23.0. The SMILES string of the molecule is CC1(C)[C@H](C(=O)N[C@H](CO)Cc2ccccc2)[C@H]1C(=O)N[C@H](CO)Cc1ccccc1. The average Bonchev–Trinajstić information content (AvgIpc) is 3.36. The summed E-state index contributed by atoms with van der Waals surface area (Å²) in [6, 6.07) is 18.5. The first-order valence-electron chi connectivity index (χ1n) is 10.8. The molecule has 2 amide bonds. The van der Waals surface area contributed by atoms with E-state index in [4.69, 9.17) is 0 Å². The van der Waals surface area contributed by atoms with Crippen molar-refractivity contribution in [1.82, 2.24) is 10.6 Å². The molecule has 1 fully saturated rings. The molecule has 6 nitrogen and oxygen atoms in total. The van der Waals surface area contributed by atoms with Crippen LogP contribution in [-0.4, -0.2) is 47.3 Å². The van der Waals surface area contributed by atoms with Crippen molar-refractivity contribution in [3.63, 3.8) is 0 Å². The zero-order chi connectivity index (χ0) is 22.4. The van der Waals surface area contributed by atoms with Gasteiger partial charge in [0.25, 0.3) is 0 Å². The lowest BCUT2D eigenvalue weighted by Gasteiger charge is -2.18. The van der Waals surface area contributed by atoms with Crippen LogP contribution < -0.4 is 10.6 Å². The van der Waals surface area contributed by atoms with Gasteiger partial charge in [0, 0.05) is 0 Å². The van der Waals surface area contributed by atoms with Gasteiger partial charge in [0.15, 0.2) is 0 Å². The predicted molar refractivity (Wildman–Crippen MR) is 119 cm³/mol. The molecule has 0 aliphatic heterocycles. The molecule has 2 aromatic rings. The fourth-order valence-electron chi connectivity index (χ4n) is 4.32. The number of amides is 2. The summed E-state index contributed by atoms with van der Waals surface area (Å²) >= 11 is 0. The summed E-state index contributed by atoms with van der Waals surface area (Å²) in [5.74, 6) is -1.37. The second kappa shape index (κ2) is 10.1. The van der Waals surface area contributed by atoms with Crippen LogP contribution in [0.15, 0.2) is 60.7 Å². The van der Waals surface area contributed by atoms with Crippen LogP contribution >= 0.6 is 0 Å². The number of carbonyl (C=O) groups is 2. The van der Waals surface area contributed by atoms with Crippen molar-refractivity contribution in [3.05, 3.63) is 71.8 Å². The van der Waals surface area contributed by atoms with Gasteiger partial charge in [0.05, 0.1) is 37.1 Å². The van der Waals surface area contributed by atoms with Crippen molar-refractivity contribution in [1.29, 1.82) is 0 Å². The van der Waals surface area contributed by atoms with Crippen LogP contribution in [0.1, 0.15) is 25.0 Å². The molecule has 4 atom stereocenters. The molecule has 0 spiro atoms. The Labute approximate surface area is 183 Å². The van der Waals surface area contributed by atoms with Gasteiger partial charge < -0.3 is 20.8 Å². The minimum atomic E-state index is -0.479. The van der Waals surface area contributed by atoms with Crippen LogP contribution in [-0.2, 0) is 22.4 Å². The molecule has 31 heavy (non-hydrogen) atoms. The Bertz CT molecular complexity index is 798. The molecule has 1 saturated carbocycles. The molecule has 0 unspecified atom stereocenters. The summed E-state index contributed by atoms with van der Waals surface area (Å²) in [5, 5.41) is 25.2. The molecule has 0 heterocycles. The highest BCUT2D eigenvalue weighted by molar-refractivity contribution is 5.94. The molecule has 6 heteroatoms. The summed E-state index contributed by atoms with van der Waals surface area (Å²) < 4.78 is 0. The number of benzene rings is 2. The Kier molecular flexibility index (Phi) is 7.46. The van der Waals surface area contributed by atoms with Crippen LogP contribution in [0.4, 0.5) is 0 Å². The normalized spacial score (nSPS) is 21.0. The molecular weight excluding hydrogens is 392 g/mol. The van der Waals surface area contributed by atoms with Gasteiger partial charge in [0.2, 0.25) is 11.8 Å². The van der Waals surface area contributed by atoms with Gasteiger partial charge in [-0.25, -0.2) is 0 Å². The Balaban J connectivity index is 1.58. The monoisotopic (exact) mass is 424 g/mol. The number of nitrogens with one attached hydrogen (secondary N) is 2.